The number of piperazine rings is 1. The molecule has 1 heterocycles. The van der Waals surface area contributed by atoms with Gasteiger partial charge in [-0.05, 0) is 36.4 Å². The molecule has 0 aromatic heterocycles. The van der Waals surface area contributed by atoms with Crippen molar-refractivity contribution in [1.82, 2.24) is 4.90 Å². The molecule has 1 fully saturated rings. The summed E-state index contributed by atoms with van der Waals surface area (Å²) in [5, 5.41) is 2.88. The van der Waals surface area contributed by atoms with Crippen molar-refractivity contribution in [2.75, 3.05) is 50.6 Å². The number of carbonyl (C=O) groups is 2. The van der Waals surface area contributed by atoms with E-state index in [-0.39, 0.29) is 5.91 Å². The summed E-state index contributed by atoms with van der Waals surface area (Å²) >= 11 is 0. The average Bonchev–Trinajstić information content (AvgIpc) is 2.74. The predicted octanol–water partition coefficient (Wildman–Crippen LogP) is 2.23. The molecule has 1 aliphatic heterocycles. The van der Waals surface area contributed by atoms with E-state index in [1.807, 2.05) is 24.3 Å². The second-order valence-electron chi connectivity index (χ2n) is 6.23. The highest BCUT2D eigenvalue weighted by molar-refractivity contribution is 6.04. The lowest BCUT2D eigenvalue weighted by atomic mass is 10.1. The van der Waals surface area contributed by atoms with Gasteiger partial charge < -0.3 is 24.6 Å². The summed E-state index contributed by atoms with van der Waals surface area (Å²) in [5.74, 6) is 0.883. The van der Waals surface area contributed by atoms with Crippen LogP contribution >= 0.6 is 0 Å². The first-order valence-electron chi connectivity index (χ1n) is 8.71. The van der Waals surface area contributed by atoms with Gasteiger partial charge in [0.25, 0.3) is 5.91 Å². The highest BCUT2D eigenvalue weighted by Crippen LogP contribution is 2.24. The molecule has 0 unspecified atom stereocenters. The number of nitrogens with one attached hydrogen (secondary N) is 1. The Hall–Kier alpha value is -3.22. The average molecular weight is 369 g/mol. The molecule has 1 saturated heterocycles. The Morgan fingerprint density at radius 2 is 1.56 bits per heavy atom. The van der Waals surface area contributed by atoms with Gasteiger partial charge in [-0.3, -0.25) is 9.59 Å². The summed E-state index contributed by atoms with van der Waals surface area (Å²) in [6.45, 7) is 3.04. The molecule has 1 aliphatic rings. The molecule has 0 aliphatic carbocycles. The van der Waals surface area contributed by atoms with E-state index in [1.54, 1.807) is 37.3 Å². The van der Waals surface area contributed by atoms with Crippen LogP contribution in [0, 0.1) is 0 Å². The Balaban J connectivity index is 1.66. The summed E-state index contributed by atoms with van der Waals surface area (Å²) in [6, 6.07) is 12.7. The molecule has 27 heavy (non-hydrogen) atoms. The molecule has 3 rings (SSSR count). The highest BCUT2D eigenvalue weighted by atomic mass is 16.5. The van der Waals surface area contributed by atoms with Crippen LogP contribution in [0.25, 0.3) is 0 Å². The minimum absolute atomic E-state index is 0.237. The van der Waals surface area contributed by atoms with Crippen LogP contribution in [0.2, 0.25) is 0 Å². The maximum atomic E-state index is 12.5. The Labute approximate surface area is 158 Å². The Kier molecular flexibility index (Phi) is 5.80. The number of amides is 2. The van der Waals surface area contributed by atoms with Crippen molar-refractivity contribution in [2.45, 2.75) is 0 Å². The highest BCUT2D eigenvalue weighted by Gasteiger charge is 2.16. The lowest BCUT2D eigenvalue weighted by Crippen LogP contribution is -2.45. The number of carbonyl (C=O) groups excluding carboxylic acids is 2. The lowest BCUT2D eigenvalue weighted by Gasteiger charge is -2.34. The van der Waals surface area contributed by atoms with Crippen molar-refractivity contribution in [1.29, 1.82) is 0 Å². The molecule has 7 heteroatoms. The largest absolute Gasteiger partial charge is 0.497 e. The summed E-state index contributed by atoms with van der Waals surface area (Å²) in [5.41, 5.74) is 2.24. The first-order valence-corrected chi connectivity index (χ1v) is 8.71. The van der Waals surface area contributed by atoms with Gasteiger partial charge in [-0.15, -0.1) is 0 Å². The molecular weight excluding hydrogens is 346 g/mol. The zero-order valence-corrected chi connectivity index (χ0v) is 15.5. The summed E-state index contributed by atoms with van der Waals surface area (Å²) < 4.78 is 10.4. The van der Waals surface area contributed by atoms with Crippen LogP contribution in [0.15, 0.2) is 42.5 Å². The van der Waals surface area contributed by atoms with Crippen molar-refractivity contribution in [2.24, 2.45) is 0 Å². The molecule has 0 atom stereocenters. The molecule has 2 aromatic rings. The number of hydrogen-bond acceptors (Lipinski definition) is 5. The molecule has 0 radical (unpaired) electrons. The molecule has 0 saturated carbocycles. The first-order chi connectivity index (χ1) is 13.1. The van der Waals surface area contributed by atoms with Gasteiger partial charge in [0.1, 0.15) is 11.5 Å². The number of nitrogens with zero attached hydrogens (tertiary/aromatic N) is 2. The van der Waals surface area contributed by atoms with Gasteiger partial charge in [-0.1, -0.05) is 0 Å². The standard InChI is InChI=1S/C20H23N3O4/c1-26-18-11-15(12-19(13-18)27-2)20(25)21-16-3-5-17(6-4-16)23-9-7-22(14-24)8-10-23/h3-6,11-14H,7-10H2,1-2H3,(H,21,25). The maximum absolute atomic E-state index is 12.5. The second-order valence-corrected chi connectivity index (χ2v) is 6.23. The molecule has 1 N–H and O–H groups in total. The Bertz CT molecular complexity index is 777. The van der Waals surface area contributed by atoms with Gasteiger partial charge >= 0.3 is 0 Å². The summed E-state index contributed by atoms with van der Waals surface area (Å²) in [4.78, 5) is 27.3. The number of ether oxygens (including phenoxy) is 2. The minimum atomic E-state index is -0.237. The first kappa shape index (κ1) is 18.6. The monoisotopic (exact) mass is 369 g/mol. The van der Waals surface area contributed by atoms with Gasteiger partial charge in [-0.2, -0.15) is 0 Å². The van der Waals surface area contributed by atoms with Gasteiger partial charge in [0.15, 0.2) is 0 Å². The van der Waals surface area contributed by atoms with E-state index in [2.05, 4.69) is 10.2 Å². The van der Waals surface area contributed by atoms with Crippen molar-refractivity contribution in [3.05, 3.63) is 48.0 Å². The fourth-order valence-corrected chi connectivity index (χ4v) is 2.98. The van der Waals surface area contributed by atoms with Crippen LogP contribution in [0.1, 0.15) is 10.4 Å². The molecule has 2 amide bonds. The van der Waals surface area contributed by atoms with Gasteiger partial charge in [-0.25, -0.2) is 0 Å². The zero-order chi connectivity index (χ0) is 19.2. The van der Waals surface area contributed by atoms with Crippen LogP contribution in [0.5, 0.6) is 11.5 Å². The van der Waals surface area contributed by atoms with Gasteiger partial charge in [0.05, 0.1) is 14.2 Å². The second kappa shape index (κ2) is 8.44. The number of methoxy groups -OCH3 is 2. The minimum Gasteiger partial charge on any atom is -0.497 e. The van der Waals surface area contributed by atoms with Crippen molar-refractivity contribution >= 4 is 23.7 Å². The van der Waals surface area contributed by atoms with E-state index in [0.717, 1.165) is 38.3 Å². The van der Waals surface area contributed by atoms with E-state index in [0.29, 0.717) is 22.7 Å². The third kappa shape index (κ3) is 4.49. The Morgan fingerprint density at radius 1 is 0.963 bits per heavy atom. The fraction of sp³-hybridized carbons (Fsp3) is 0.300. The van der Waals surface area contributed by atoms with Crippen molar-refractivity contribution in [3.63, 3.8) is 0 Å². The molecule has 142 valence electrons. The quantitative estimate of drug-likeness (QED) is 0.791. The smallest absolute Gasteiger partial charge is 0.255 e. The van der Waals surface area contributed by atoms with Gasteiger partial charge in [0, 0.05) is 49.2 Å². The molecule has 7 nitrogen and oxygen atoms in total. The van der Waals surface area contributed by atoms with E-state index >= 15 is 0 Å². The van der Waals surface area contributed by atoms with Crippen LogP contribution in [0.4, 0.5) is 11.4 Å². The number of hydrogen-bond donors (Lipinski definition) is 1. The van der Waals surface area contributed by atoms with Crippen LogP contribution in [-0.4, -0.2) is 57.6 Å². The topological polar surface area (TPSA) is 71.1 Å². The molecule has 0 bridgehead atoms. The molecule has 2 aromatic carbocycles. The number of rotatable bonds is 6. The SMILES string of the molecule is COc1cc(OC)cc(C(=O)Nc2ccc(N3CCN(C=O)CC3)cc2)c1. The summed E-state index contributed by atoms with van der Waals surface area (Å²) in [6.07, 6.45) is 0.892. The van der Waals surface area contributed by atoms with E-state index in [4.69, 9.17) is 9.47 Å². The van der Waals surface area contributed by atoms with E-state index < -0.39 is 0 Å². The van der Waals surface area contributed by atoms with Gasteiger partial charge in [0.2, 0.25) is 6.41 Å². The van der Waals surface area contributed by atoms with E-state index in [9.17, 15) is 9.59 Å². The molecule has 0 spiro atoms. The Morgan fingerprint density at radius 3 is 2.07 bits per heavy atom. The fourth-order valence-electron chi connectivity index (χ4n) is 2.98. The van der Waals surface area contributed by atoms with Crippen molar-refractivity contribution in [3.8, 4) is 11.5 Å². The van der Waals surface area contributed by atoms with Crippen LogP contribution in [-0.2, 0) is 4.79 Å². The number of benzene rings is 2. The molecular formula is C20H23N3O4. The summed E-state index contributed by atoms with van der Waals surface area (Å²) in [7, 11) is 3.09. The van der Waals surface area contributed by atoms with E-state index in [1.165, 1.54) is 0 Å². The third-order valence-electron chi connectivity index (χ3n) is 4.57. The normalized spacial score (nSPS) is 13.9. The predicted molar refractivity (Wildman–Crippen MR) is 104 cm³/mol. The zero-order valence-electron chi connectivity index (χ0n) is 15.5. The van der Waals surface area contributed by atoms with Crippen molar-refractivity contribution < 1.29 is 19.1 Å². The van der Waals surface area contributed by atoms with Crippen LogP contribution < -0.4 is 19.7 Å². The number of anilines is 2. The third-order valence-corrected chi connectivity index (χ3v) is 4.57. The maximum Gasteiger partial charge on any atom is 0.255 e. The van der Waals surface area contributed by atoms with Crippen LogP contribution in [0.3, 0.4) is 0 Å². The lowest BCUT2D eigenvalue weighted by molar-refractivity contribution is -0.118.